The average molecular weight is 349 g/mol. The van der Waals surface area contributed by atoms with Crippen LogP contribution < -0.4 is 4.74 Å². The summed E-state index contributed by atoms with van der Waals surface area (Å²) in [5.74, 6) is -0.516. The molecule has 0 amide bonds. The SMILES string of the molecule is Cc1ccc(OCc2ccc(C(C)C(=O)O)cc2)c(Br)c1. The van der Waals surface area contributed by atoms with Crippen LogP contribution in [0.3, 0.4) is 0 Å². The lowest BCUT2D eigenvalue weighted by molar-refractivity contribution is -0.138. The summed E-state index contributed by atoms with van der Waals surface area (Å²) in [6.45, 7) is 4.15. The first-order valence-electron chi connectivity index (χ1n) is 6.68. The van der Waals surface area contributed by atoms with Gasteiger partial charge in [0.25, 0.3) is 0 Å². The van der Waals surface area contributed by atoms with E-state index in [0.717, 1.165) is 21.3 Å². The fourth-order valence-electron chi connectivity index (χ4n) is 1.93. The number of rotatable bonds is 5. The second-order valence-corrected chi connectivity index (χ2v) is 5.88. The lowest BCUT2D eigenvalue weighted by Crippen LogP contribution is -2.07. The molecule has 110 valence electrons. The Morgan fingerprint density at radius 3 is 2.48 bits per heavy atom. The molecule has 4 heteroatoms. The van der Waals surface area contributed by atoms with Gasteiger partial charge in [0, 0.05) is 0 Å². The molecule has 21 heavy (non-hydrogen) atoms. The van der Waals surface area contributed by atoms with Gasteiger partial charge in [-0.05, 0) is 58.6 Å². The van der Waals surface area contributed by atoms with Crippen molar-refractivity contribution in [2.75, 3.05) is 0 Å². The first-order valence-corrected chi connectivity index (χ1v) is 7.47. The number of carboxylic acids is 1. The molecule has 0 spiro atoms. The number of ether oxygens (including phenoxy) is 1. The van der Waals surface area contributed by atoms with E-state index in [4.69, 9.17) is 9.84 Å². The summed E-state index contributed by atoms with van der Waals surface area (Å²) in [4.78, 5) is 10.9. The van der Waals surface area contributed by atoms with E-state index < -0.39 is 11.9 Å². The molecule has 1 atom stereocenters. The number of halogens is 1. The third-order valence-electron chi connectivity index (χ3n) is 3.33. The molecule has 0 saturated carbocycles. The molecule has 0 bridgehead atoms. The van der Waals surface area contributed by atoms with Crippen molar-refractivity contribution in [2.45, 2.75) is 26.4 Å². The molecule has 0 aromatic heterocycles. The Bertz CT molecular complexity index is 635. The fourth-order valence-corrected chi connectivity index (χ4v) is 2.54. The summed E-state index contributed by atoms with van der Waals surface area (Å²) < 4.78 is 6.69. The molecule has 0 aliphatic heterocycles. The number of hydrogen-bond donors (Lipinski definition) is 1. The first-order chi connectivity index (χ1) is 9.97. The summed E-state index contributed by atoms with van der Waals surface area (Å²) in [5, 5.41) is 8.98. The van der Waals surface area contributed by atoms with Crippen LogP contribution in [0.5, 0.6) is 5.75 Å². The predicted molar refractivity (Wildman–Crippen MR) is 85.7 cm³/mol. The predicted octanol–water partition coefficient (Wildman–Crippen LogP) is 4.52. The van der Waals surface area contributed by atoms with E-state index in [-0.39, 0.29) is 0 Å². The monoisotopic (exact) mass is 348 g/mol. The zero-order valence-electron chi connectivity index (χ0n) is 12.0. The van der Waals surface area contributed by atoms with E-state index in [1.165, 1.54) is 5.56 Å². The lowest BCUT2D eigenvalue weighted by Gasteiger charge is -2.10. The molecule has 0 aliphatic carbocycles. The van der Waals surface area contributed by atoms with Crippen molar-refractivity contribution >= 4 is 21.9 Å². The topological polar surface area (TPSA) is 46.5 Å². The highest BCUT2D eigenvalue weighted by Crippen LogP contribution is 2.26. The first kappa shape index (κ1) is 15.6. The van der Waals surface area contributed by atoms with Crippen molar-refractivity contribution in [3.63, 3.8) is 0 Å². The van der Waals surface area contributed by atoms with Crippen LogP contribution in [0, 0.1) is 6.92 Å². The second-order valence-electron chi connectivity index (χ2n) is 5.02. The zero-order chi connectivity index (χ0) is 15.4. The van der Waals surface area contributed by atoms with E-state index in [9.17, 15) is 4.79 Å². The third-order valence-corrected chi connectivity index (χ3v) is 3.95. The number of benzene rings is 2. The average Bonchev–Trinajstić information content (AvgIpc) is 2.46. The minimum atomic E-state index is -0.817. The highest BCUT2D eigenvalue weighted by atomic mass is 79.9. The maximum atomic E-state index is 10.9. The molecule has 2 rings (SSSR count). The van der Waals surface area contributed by atoms with Gasteiger partial charge in [0.05, 0.1) is 10.4 Å². The Hall–Kier alpha value is -1.81. The summed E-state index contributed by atoms with van der Waals surface area (Å²) in [6.07, 6.45) is 0. The van der Waals surface area contributed by atoms with Crippen LogP contribution in [0.4, 0.5) is 0 Å². The summed E-state index contributed by atoms with van der Waals surface area (Å²) in [6, 6.07) is 13.4. The van der Waals surface area contributed by atoms with E-state index >= 15 is 0 Å². The molecule has 0 saturated heterocycles. The standard InChI is InChI=1S/C17H17BrO3/c1-11-3-8-16(15(18)9-11)21-10-13-4-6-14(7-5-13)12(2)17(19)20/h3-9,12H,10H2,1-2H3,(H,19,20). The number of aryl methyl sites for hydroxylation is 1. The van der Waals surface area contributed by atoms with Crippen LogP contribution in [-0.2, 0) is 11.4 Å². The maximum Gasteiger partial charge on any atom is 0.310 e. The van der Waals surface area contributed by atoms with Crippen LogP contribution in [0.25, 0.3) is 0 Å². The highest BCUT2D eigenvalue weighted by Gasteiger charge is 2.13. The van der Waals surface area contributed by atoms with E-state index in [0.29, 0.717) is 6.61 Å². The smallest absolute Gasteiger partial charge is 0.310 e. The van der Waals surface area contributed by atoms with Crippen molar-refractivity contribution in [3.05, 3.63) is 63.6 Å². The second kappa shape index (κ2) is 6.76. The number of carbonyl (C=O) groups is 1. The lowest BCUT2D eigenvalue weighted by atomic mass is 10.0. The molecule has 0 heterocycles. The molecule has 1 N–H and O–H groups in total. The zero-order valence-corrected chi connectivity index (χ0v) is 13.6. The van der Waals surface area contributed by atoms with Gasteiger partial charge in [-0.2, -0.15) is 0 Å². The minimum Gasteiger partial charge on any atom is -0.488 e. The fraction of sp³-hybridized carbons (Fsp3) is 0.235. The normalized spacial score (nSPS) is 12.0. The Kier molecular flexibility index (Phi) is 5.02. The van der Waals surface area contributed by atoms with Crippen LogP contribution in [0.15, 0.2) is 46.9 Å². The molecule has 2 aromatic rings. The molecule has 2 aromatic carbocycles. The van der Waals surface area contributed by atoms with E-state index in [1.54, 1.807) is 6.92 Å². The Morgan fingerprint density at radius 1 is 1.24 bits per heavy atom. The van der Waals surface area contributed by atoms with Crippen molar-refractivity contribution in [2.24, 2.45) is 0 Å². The Balaban J connectivity index is 2.02. The molecule has 1 unspecified atom stereocenters. The number of hydrogen-bond acceptors (Lipinski definition) is 2. The van der Waals surface area contributed by atoms with Gasteiger partial charge in [-0.1, -0.05) is 30.3 Å². The number of aliphatic carboxylic acids is 1. The maximum absolute atomic E-state index is 10.9. The molecule has 3 nitrogen and oxygen atoms in total. The van der Waals surface area contributed by atoms with Gasteiger partial charge >= 0.3 is 5.97 Å². The summed E-state index contributed by atoms with van der Waals surface area (Å²) in [5.41, 5.74) is 2.97. The van der Waals surface area contributed by atoms with Crippen LogP contribution in [-0.4, -0.2) is 11.1 Å². The van der Waals surface area contributed by atoms with Gasteiger partial charge in [0.2, 0.25) is 0 Å². The quantitative estimate of drug-likeness (QED) is 0.863. The molecule has 0 fully saturated rings. The minimum absolute atomic E-state index is 0.448. The molecule has 0 radical (unpaired) electrons. The van der Waals surface area contributed by atoms with Gasteiger partial charge in [-0.15, -0.1) is 0 Å². The van der Waals surface area contributed by atoms with Crippen molar-refractivity contribution in [1.29, 1.82) is 0 Å². The van der Waals surface area contributed by atoms with Crippen LogP contribution in [0.1, 0.15) is 29.5 Å². The molecule has 0 aliphatic rings. The van der Waals surface area contributed by atoms with Gasteiger partial charge in [-0.3, -0.25) is 4.79 Å². The van der Waals surface area contributed by atoms with Crippen molar-refractivity contribution in [3.8, 4) is 5.75 Å². The van der Waals surface area contributed by atoms with Crippen LogP contribution >= 0.6 is 15.9 Å². The molecular formula is C17H17BrO3. The highest BCUT2D eigenvalue weighted by molar-refractivity contribution is 9.10. The van der Waals surface area contributed by atoms with Crippen molar-refractivity contribution < 1.29 is 14.6 Å². The van der Waals surface area contributed by atoms with Gasteiger partial charge in [0.1, 0.15) is 12.4 Å². The van der Waals surface area contributed by atoms with Gasteiger partial charge in [0.15, 0.2) is 0 Å². The number of carboxylic acid groups (broad SMARTS) is 1. The van der Waals surface area contributed by atoms with Crippen LogP contribution in [0.2, 0.25) is 0 Å². The largest absolute Gasteiger partial charge is 0.488 e. The Morgan fingerprint density at radius 2 is 1.90 bits per heavy atom. The summed E-state index contributed by atoms with van der Waals surface area (Å²) >= 11 is 3.48. The Labute approximate surface area is 132 Å². The van der Waals surface area contributed by atoms with E-state index in [1.807, 2.05) is 49.4 Å². The van der Waals surface area contributed by atoms with E-state index in [2.05, 4.69) is 15.9 Å². The molecular weight excluding hydrogens is 332 g/mol. The van der Waals surface area contributed by atoms with Gasteiger partial charge in [-0.25, -0.2) is 0 Å². The third kappa shape index (κ3) is 4.08. The summed E-state index contributed by atoms with van der Waals surface area (Å²) in [7, 11) is 0. The van der Waals surface area contributed by atoms with Crippen molar-refractivity contribution in [1.82, 2.24) is 0 Å². The van der Waals surface area contributed by atoms with Gasteiger partial charge < -0.3 is 9.84 Å².